The van der Waals surface area contributed by atoms with Crippen LogP contribution < -0.4 is 15.9 Å². The molecule has 1 heteroatoms. The van der Waals surface area contributed by atoms with Crippen molar-refractivity contribution in [2.45, 2.75) is 19.3 Å². The minimum Gasteiger partial charge on any atom is -0.0622 e. The van der Waals surface area contributed by atoms with E-state index in [0.29, 0.717) is 0 Å². The lowest BCUT2D eigenvalue weighted by Crippen LogP contribution is -2.20. The fraction of sp³-hybridized carbons (Fsp3) is 0.143. The topological polar surface area (TPSA) is 0 Å². The van der Waals surface area contributed by atoms with Crippen molar-refractivity contribution < 1.29 is 0 Å². The standard InChI is InChI=1S/C21H19P/c1-3-10-19(11-4-1)22(20-12-5-2-6-13-20)21-15-14-17-8-7-9-18(17)16-21/h1-6,10-16H,7-9H2. The van der Waals surface area contributed by atoms with Crippen molar-refractivity contribution in [2.24, 2.45) is 0 Å². The second kappa shape index (κ2) is 6.07. The fourth-order valence-electron chi connectivity index (χ4n) is 3.30. The molecule has 0 unspecified atom stereocenters. The SMILES string of the molecule is c1ccc(P(c2ccccc2)c2ccc3c(c2)CCC3)cc1. The average Bonchev–Trinajstić information content (AvgIpc) is 3.05. The first-order chi connectivity index (χ1) is 10.9. The molecule has 0 atom stereocenters. The first kappa shape index (κ1) is 13.7. The van der Waals surface area contributed by atoms with Crippen LogP contribution in [0.3, 0.4) is 0 Å². The third-order valence-corrected chi connectivity index (χ3v) is 6.79. The summed E-state index contributed by atoms with van der Waals surface area (Å²) in [5.74, 6) is 0. The summed E-state index contributed by atoms with van der Waals surface area (Å²) in [6.45, 7) is 0. The molecule has 0 spiro atoms. The van der Waals surface area contributed by atoms with Crippen molar-refractivity contribution in [3.8, 4) is 0 Å². The van der Waals surface area contributed by atoms with Crippen molar-refractivity contribution in [3.63, 3.8) is 0 Å². The molecule has 0 amide bonds. The third kappa shape index (κ3) is 2.60. The molecule has 0 fully saturated rings. The number of hydrogen-bond acceptors (Lipinski definition) is 0. The zero-order chi connectivity index (χ0) is 14.8. The molecule has 1 aliphatic carbocycles. The fourth-order valence-corrected chi connectivity index (χ4v) is 5.64. The Morgan fingerprint density at radius 2 is 1.14 bits per heavy atom. The van der Waals surface area contributed by atoms with Gasteiger partial charge >= 0.3 is 0 Å². The highest BCUT2D eigenvalue weighted by atomic mass is 31.1. The van der Waals surface area contributed by atoms with Gasteiger partial charge < -0.3 is 0 Å². The van der Waals surface area contributed by atoms with Crippen molar-refractivity contribution >= 4 is 23.8 Å². The number of hydrogen-bond donors (Lipinski definition) is 0. The highest BCUT2D eigenvalue weighted by molar-refractivity contribution is 7.79. The molecule has 108 valence electrons. The Kier molecular flexibility index (Phi) is 3.79. The van der Waals surface area contributed by atoms with Crippen LogP contribution in [0.2, 0.25) is 0 Å². The molecule has 0 bridgehead atoms. The maximum absolute atomic E-state index is 2.47. The van der Waals surface area contributed by atoms with Gasteiger partial charge in [-0.05, 0) is 54.2 Å². The third-order valence-electron chi connectivity index (χ3n) is 4.37. The van der Waals surface area contributed by atoms with E-state index in [-0.39, 0.29) is 0 Å². The van der Waals surface area contributed by atoms with Gasteiger partial charge in [0.25, 0.3) is 0 Å². The van der Waals surface area contributed by atoms with E-state index in [0.717, 1.165) is 0 Å². The molecule has 0 saturated heterocycles. The molecule has 0 heterocycles. The van der Waals surface area contributed by atoms with Gasteiger partial charge in [-0.15, -0.1) is 0 Å². The molecule has 0 saturated carbocycles. The van der Waals surface area contributed by atoms with Crippen LogP contribution >= 0.6 is 7.92 Å². The molecular weight excluding hydrogens is 283 g/mol. The summed E-state index contributed by atoms with van der Waals surface area (Å²) >= 11 is 0. The predicted octanol–water partition coefficient (Wildman–Crippen LogP) is 3.93. The molecule has 3 aromatic carbocycles. The van der Waals surface area contributed by atoms with E-state index in [1.165, 1.54) is 35.2 Å². The second-order valence-corrected chi connectivity index (χ2v) is 8.03. The molecule has 0 aliphatic heterocycles. The van der Waals surface area contributed by atoms with Crippen LogP contribution in [0.25, 0.3) is 0 Å². The monoisotopic (exact) mass is 302 g/mol. The van der Waals surface area contributed by atoms with E-state index in [1.54, 1.807) is 11.1 Å². The number of fused-ring (bicyclic) bond motifs is 1. The summed E-state index contributed by atoms with van der Waals surface area (Å²) in [6.07, 6.45) is 3.81. The molecule has 0 N–H and O–H groups in total. The number of aryl methyl sites for hydroxylation is 2. The molecule has 4 rings (SSSR count). The van der Waals surface area contributed by atoms with Crippen molar-refractivity contribution in [1.29, 1.82) is 0 Å². The Morgan fingerprint density at radius 1 is 0.545 bits per heavy atom. The quantitative estimate of drug-likeness (QED) is 0.643. The van der Waals surface area contributed by atoms with Crippen LogP contribution in [-0.2, 0) is 12.8 Å². The Balaban J connectivity index is 1.84. The van der Waals surface area contributed by atoms with Gasteiger partial charge in [0.15, 0.2) is 0 Å². The van der Waals surface area contributed by atoms with Gasteiger partial charge in [-0.2, -0.15) is 0 Å². The zero-order valence-electron chi connectivity index (χ0n) is 12.6. The van der Waals surface area contributed by atoms with Crippen LogP contribution in [0.4, 0.5) is 0 Å². The van der Waals surface area contributed by atoms with Gasteiger partial charge in [-0.1, -0.05) is 78.9 Å². The van der Waals surface area contributed by atoms with E-state index in [9.17, 15) is 0 Å². The molecule has 0 aromatic heterocycles. The van der Waals surface area contributed by atoms with Crippen LogP contribution in [0.15, 0.2) is 78.9 Å². The largest absolute Gasteiger partial charge is 0.0622 e. The molecule has 22 heavy (non-hydrogen) atoms. The van der Waals surface area contributed by atoms with E-state index >= 15 is 0 Å². The second-order valence-electron chi connectivity index (χ2n) is 5.81. The summed E-state index contributed by atoms with van der Waals surface area (Å²) in [7, 11) is -0.453. The minimum absolute atomic E-state index is 0.453. The summed E-state index contributed by atoms with van der Waals surface area (Å²) in [5, 5.41) is 4.34. The lowest BCUT2D eigenvalue weighted by molar-refractivity contribution is 0.912. The Bertz CT molecular complexity index is 723. The van der Waals surface area contributed by atoms with E-state index in [1.807, 2.05) is 0 Å². The zero-order valence-corrected chi connectivity index (χ0v) is 13.5. The van der Waals surface area contributed by atoms with Crippen molar-refractivity contribution in [1.82, 2.24) is 0 Å². The minimum atomic E-state index is -0.453. The Morgan fingerprint density at radius 3 is 1.77 bits per heavy atom. The molecule has 0 radical (unpaired) electrons. The highest BCUT2D eigenvalue weighted by Crippen LogP contribution is 2.34. The van der Waals surface area contributed by atoms with Gasteiger partial charge in [0, 0.05) is 0 Å². The lowest BCUT2D eigenvalue weighted by Gasteiger charge is -2.20. The van der Waals surface area contributed by atoms with E-state index in [4.69, 9.17) is 0 Å². The highest BCUT2D eigenvalue weighted by Gasteiger charge is 2.18. The first-order valence-electron chi connectivity index (χ1n) is 7.94. The molecular formula is C21H19P. The van der Waals surface area contributed by atoms with Gasteiger partial charge in [0.2, 0.25) is 0 Å². The van der Waals surface area contributed by atoms with Gasteiger partial charge in [-0.3, -0.25) is 0 Å². The van der Waals surface area contributed by atoms with Crippen LogP contribution in [0.5, 0.6) is 0 Å². The van der Waals surface area contributed by atoms with Crippen LogP contribution in [-0.4, -0.2) is 0 Å². The van der Waals surface area contributed by atoms with Crippen LogP contribution in [0, 0.1) is 0 Å². The summed E-state index contributed by atoms with van der Waals surface area (Å²) in [5.41, 5.74) is 3.12. The van der Waals surface area contributed by atoms with E-state index in [2.05, 4.69) is 78.9 Å². The maximum Gasteiger partial charge on any atom is -0.0134 e. The molecule has 0 nitrogen and oxygen atoms in total. The van der Waals surface area contributed by atoms with Crippen LogP contribution in [0.1, 0.15) is 17.5 Å². The average molecular weight is 302 g/mol. The van der Waals surface area contributed by atoms with Crippen molar-refractivity contribution in [2.75, 3.05) is 0 Å². The van der Waals surface area contributed by atoms with Crippen molar-refractivity contribution in [3.05, 3.63) is 90.0 Å². The predicted molar refractivity (Wildman–Crippen MR) is 97.2 cm³/mol. The smallest absolute Gasteiger partial charge is 0.0134 e. The van der Waals surface area contributed by atoms with Gasteiger partial charge in [0.05, 0.1) is 0 Å². The first-order valence-corrected chi connectivity index (χ1v) is 9.28. The van der Waals surface area contributed by atoms with E-state index < -0.39 is 7.92 Å². The lowest BCUT2D eigenvalue weighted by atomic mass is 10.1. The number of benzene rings is 3. The molecule has 1 aliphatic rings. The van der Waals surface area contributed by atoms with Gasteiger partial charge in [0.1, 0.15) is 0 Å². The number of rotatable bonds is 3. The Hall–Kier alpha value is -1.91. The van der Waals surface area contributed by atoms with Gasteiger partial charge in [-0.25, -0.2) is 0 Å². The molecule has 3 aromatic rings. The summed E-state index contributed by atoms with van der Waals surface area (Å²) < 4.78 is 0. The summed E-state index contributed by atoms with van der Waals surface area (Å²) in [4.78, 5) is 0. The normalized spacial score (nSPS) is 13.3. The maximum atomic E-state index is 2.47. The summed E-state index contributed by atoms with van der Waals surface area (Å²) in [6, 6.07) is 29.1. The Labute approximate surface area is 133 Å².